The zero-order valence-electron chi connectivity index (χ0n) is 15.9. The zero-order chi connectivity index (χ0) is 22.0. The molecular formula is C24H14BrCl2NO3. The van der Waals surface area contributed by atoms with Crippen LogP contribution >= 0.6 is 39.1 Å². The summed E-state index contributed by atoms with van der Waals surface area (Å²) >= 11 is 15.3. The molecule has 4 rings (SSSR count). The minimum atomic E-state index is -0.608. The maximum absolute atomic E-state index is 12.9. The van der Waals surface area contributed by atoms with Gasteiger partial charge in [-0.25, -0.2) is 9.78 Å². The first-order valence-corrected chi connectivity index (χ1v) is 10.8. The predicted octanol–water partition coefficient (Wildman–Crippen LogP) is 7.01. The Morgan fingerprint density at radius 1 is 0.871 bits per heavy atom. The Hall–Kier alpha value is -2.73. The molecule has 7 heteroatoms. The molecule has 0 spiro atoms. The molecule has 0 saturated heterocycles. The third-order valence-electron chi connectivity index (χ3n) is 4.63. The molecule has 1 heterocycles. The second kappa shape index (κ2) is 9.18. The van der Waals surface area contributed by atoms with Crippen molar-refractivity contribution in [1.29, 1.82) is 0 Å². The summed E-state index contributed by atoms with van der Waals surface area (Å²) in [4.78, 5) is 30.0. The number of ketones is 1. The van der Waals surface area contributed by atoms with E-state index in [1.807, 2.05) is 24.3 Å². The maximum Gasteiger partial charge on any atom is 0.339 e. The summed E-state index contributed by atoms with van der Waals surface area (Å²) < 4.78 is 6.15. The molecule has 0 aliphatic carbocycles. The molecule has 3 aromatic carbocycles. The first kappa shape index (κ1) is 21.5. The van der Waals surface area contributed by atoms with Gasteiger partial charge in [0.2, 0.25) is 0 Å². The Morgan fingerprint density at radius 2 is 1.52 bits per heavy atom. The fourth-order valence-electron chi connectivity index (χ4n) is 3.06. The molecule has 4 aromatic rings. The average molecular weight is 515 g/mol. The van der Waals surface area contributed by atoms with E-state index in [2.05, 4.69) is 20.9 Å². The normalized spacial score (nSPS) is 10.8. The van der Waals surface area contributed by atoms with Crippen LogP contribution in [-0.2, 0) is 4.74 Å². The summed E-state index contributed by atoms with van der Waals surface area (Å²) in [5.74, 6) is -0.925. The van der Waals surface area contributed by atoms with Gasteiger partial charge in [-0.3, -0.25) is 4.79 Å². The van der Waals surface area contributed by atoms with E-state index in [9.17, 15) is 9.59 Å². The number of aromatic nitrogens is 1. The SMILES string of the molecule is O=C(COC(=O)c1cc(-c2ccc(Cl)cc2)nc2ccc(Br)cc12)c1ccc(Cl)cc1. The lowest BCUT2D eigenvalue weighted by Crippen LogP contribution is -2.15. The molecule has 154 valence electrons. The maximum atomic E-state index is 12.9. The van der Waals surface area contributed by atoms with Crippen LogP contribution in [0.15, 0.2) is 77.3 Å². The van der Waals surface area contributed by atoms with Gasteiger partial charge in [0.1, 0.15) is 0 Å². The summed E-state index contributed by atoms with van der Waals surface area (Å²) in [6.45, 7) is -0.380. The van der Waals surface area contributed by atoms with Gasteiger partial charge in [0.15, 0.2) is 12.4 Å². The fourth-order valence-corrected chi connectivity index (χ4v) is 3.68. The summed E-state index contributed by atoms with van der Waals surface area (Å²) in [7, 11) is 0. The van der Waals surface area contributed by atoms with E-state index < -0.39 is 5.97 Å². The molecular weight excluding hydrogens is 501 g/mol. The first-order valence-electron chi connectivity index (χ1n) is 9.23. The third-order valence-corrected chi connectivity index (χ3v) is 5.63. The number of ether oxygens (including phenoxy) is 1. The first-order chi connectivity index (χ1) is 14.9. The van der Waals surface area contributed by atoms with Crippen molar-refractivity contribution < 1.29 is 14.3 Å². The van der Waals surface area contributed by atoms with E-state index in [1.165, 1.54) is 0 Å². The number of nitrogens with zero attached hydrogens (tertiary/aromatic N) is 1. The number of Topliss-reactive ketones (excluding diaryl/α,β-unsaturated/α-hetero) is 1. The van der Waals surface area contributed by atoms with Gasteiger partial charge in [0.05, 0.1) is 16.8 Å². The fraction of sp³-hybridized carbons (Fsp3) is 0.0417. The van der Waals surface area contributed by atoms with Crippen molar-refractivity contribution in [3.63, 3.8) is 0 Å². The highest BCUT2D eigenvalue weighted by Crippen LogP contribution is 2.28. The average Bonchev–Trinajstić information content (AvgIpc) is 2.77. The molecule has 31 heavy (non-hydrogen) atoms. The number of rotatable bonds is 5. The largest absolute Gasteiger partial charge is 0.454 e. The molecule has 0 unspecified atom stereocenters. The molecule has 0 aliphatic heterocycles. The molecule has 0 saturated carbocycles. The van der Waals surface area contributed by atoms with Crippen molar-refractivity contribution in [3.05, 3.63) is 98.4 Å². The van der Waals surface area contributed by atoms with Crippen LogP contribution in [0.25, 0.3) is 22.2 Å². The number of carbonyl (C=O) groups excluding carboxylic acids is 2. The van der Waals surface area contributed by atoms with E-state index >= 15 is 0 Å². The second-order valence-corrected chi connectivity index (χ2v) is 8.52. The van der Waals surface area contributed by atoms with Gasteiger partial charge in [-0.1, -0.05) is 51.3 Å². The molecule has 0 amide bonds. The van der Waals surface area contributed by atoms with Crippen LogP contribution in [0.1, 0.15) is 20.7 Å². The number of fused-ring (bicyclic) bond motifs is 1. The van der Waals surface area contributed by atoms with Gasteiger partial charge in [0, 0.05) is 31.0 Å². The van der Waals surface area contributed by atoms with Crippen LogP contribution in [0.5, 0.6) is 0 Å². The molecule has 0 aliphatic rings. The molecule has 0 fully saturated rings. The van der Waals surface area contributed by atoms with Crippen molar-refractivity contribution in [2.75, 3.05) is 6.61 Å². The number of halogens is 3. The van der Waals surface area contributed by atoms with Gasteiger partial charge >= 0.3 is 5.97 Å². The second-order valence-electron chi connectivity index (χ2n) is 6.73. The van der Waals surface area contributed by atoms with Gasteiger partial charge in [-0.2, -0.15) is 0 Å². The van der Waals surface area contributed by atoms with Crippen LogP contribution in [0.3, 0.4) is 0 Å². The third kappa shape index (κ3) is 4.96. The van der Waals surface area contributed by atoms with E-state index in [0.29, 0.717) is 37.8 Å². The van der Waals surface area contributed by atoms with E-state index in [1.54, 1.807) is 48.5 Å². The Bertz CT molecular complexity index is 1290. The highest BCUT2D eigenvalue weighted by Gasteiger charge is 2.17. The quantitative estimate of drug-likeness (QED) is 0.212. The zero-order valence-corrected chi connectivity index (χ0v) is 19.0. The van der Waals surface area contributed by atoms with E-state index in [-0.39, 0.29) is 12.4 Å². The number of hydrogen-bond donors (Lipinski definition) is 0. The Kier molecular flexibility index (Phi) is 6.37. The molecule has 4 nitrogen and oxygen atoms in total. The van der Waals surface area contributed by atoms with Crippen molar-refractivity contribution in [1.82, 2.24) is 4.98 Å². The number of esters is 1. The summed E-state index contributed by atoms with van der Waals surface area (Å²) in [6.07, 6.45) is 0. The molecule has 0 radical (unpaired) electrons. The summed E-state index contributed by atoms with van der Waals surface area (Å²) in [5.41, 5.74) is 2.77. The minimum absolute atomic E-state index is 0.317. The van der Waals surface area contributed by atoms with Gasteiger partial charge in [-0.05, 0) is 60.7 Å². The highest BCUT2D eigenvalue weighted by atomic mass is 79.9. The molecule has 1 aromatic heterocycles. The molecule has 0 N–H and O–H groups in total. The predicted molar refractivity (Wildman–Crippen MR) is 126 cm³/mol. The van der Waals surface area contributed by atoms with Crippen LogP contribution in [-0.4, -0.2) is 23.3 Å². The van der Waals surface area contributed by atoms with Gasteiger partial charge in [-0.15, -0.1) is 0 Å². The number of carbonyl (C=O) groups is 2. The van der Waals surface area contributed by atoms with Crippen molar-refractivity contribution in [2.24, 2.45) is 0 Å². The van der Waals surface area contributed by atoms with Crippen molar-refractivity contribution >= 4 is 61.8 Å². The van der Waals surface area contributed by atoms with Crippen LogP contribution in [0, 0.1) is 0 Å². The lowest BCUT2D eigenvalue weighted by Gasteiger charge is -2.11. The Morgan fingerprint density at radius 3 is 2.19 bits per heavy atom. The van der Waals surface area contributed by atoms with Crippen LogP contribution in [0.2, 0.25) is 10.0 Å². The van der Waals surface area contributed by atoms with E-state index in [0.717, 1.165) is 10.0 Å². The van der Waals surface area contributed by atoms with Crippen LogP contribution < -0.4 is 0 Å². The number of hydrogen-bond acceptors (Lipinski definition) is 4. The number of benzene rings is 3. The van der Waals surface area contributed by atoms with Crippen molar-refractivity contribution in [2.45, 2.75) is 0 Å². The molecule has 0 bridgehead atoms. The van der Waals surface area contributed by atoms with Gasteiger partial charge < -0.3 is 4.74 Å². The topological polar surface area (TPSA) is 56.3 Å². The lowest BCUT2D eigenvalue weighted by atomic mass is 10.0. The summed E-state index contributed by atoms with van der Waals surface area (Å²) in [5, 5.41) is 1.75. The minimum Gasteiger partial charge on any atom is -0.454 e. The highest BCUT2D eigenvalue weighted by molar-refractivity contribution is 9.10. The smallest absolute Gasteiger partial charge is 0.339 e. The van der Waals surface area contributed by atoms with Gasteiger partial charge in [0.25, 0.3) is 0 Å². The van der Waals surface area contributed by atoms with Crippen molar-refractivity contribution in [3.8, 4) is 11.3 Å². The molecule has 0 atom stereocenters. The standard InChI is InChI=1S/C24H14BrCl2NO3/c25-16-5-10-21-19(11-16)20(12-22(28-21)14-1-6-17(26)7-2-14)24(30)31-13-23(29)15-3-8-18(27)9-4-15/h1-12H,13H2. The number of pyridine rings is 1. The van der Waals surface area contributed by atoms with Crippen LogP contribution in [0.4, 0.5) is 0 Å². The monoisotopic (exact) mass is 513 g/mol. The lowest BCUT2D eigenvalue weighted by molar-refractivity contribution is 0.0476. The summed E-state index contributed by atoms with van der Waals surface area (Å²) in [6, 6.07) is 20.7. The Labute approximate surface area is 196 Å². The van der Waals surface area contributed by atoms with E-state index in [4.69, 9.17) is 27.9 Å². The Balaban J connectivity index is 1.66.